The third-order valence-electron chi connectivity index (χ3n) is 8.15. The van der Waals surface area contributed by atoms with Crippen LogP contribution in [0.3, 0.4) is 0 Å². The quantitative estimate of drug-likeness (QED) is 0.688. The highest BCUT2D eigenvalue weighted by Gasteiger charge is 2.71. The van der Waals surface area contributed by atoms with Crippen LogP contribution in [0.25, 0.3) is 0 Å². The molecule has 0 amide bonds. The number of hydrogen-bond acceptors (Lipinski definition) is 6. The highest BCUT2D eigenvalue weighted by Crippen LogP contribution is 2.67. The van der Waals surface area contributed by atoms with Gasteiger partial charge in [0.2, 0.25) is 5.60 Å². The number of aliphatic hydroxyl groups is 1. The van der Waals surface area contributed by atoms with Gasteiger partial charge in [-0.25, -0.2) is 4.79 Å². The van der Waals surface area contributed by atoms with Crippen molar-refractivity contribution in [1.29, 1.82) is 0 Å². The predicted octanol–water partition coefficient (Wildman–Crippen LogP) is 2.92. The van der Waals surface area contributed by atoms with E-state index in [2.05, 4.69) is 6.92 Å². The summed E-state index contributed by atoms with van der Waals surface area (Å²) in [6, 6.07) is 0. The molecule has 1 heterocycles. The monoisotopic (exact) mass is 422 g/mol. The summed E-state index contributed by atoms with van der Waals surface area (Å²) in [5.41, 5.74) is -1.87. The Bertz CT molecular complexity index is 861. The Kier molecular flexibility index (Phi) is 4.56. The molecule has 0 aromatic carbocycles. The second-order valence-electron chi connectivity index (χ2n) is 9.48. The van der Waals surface area contributed by atoms with Gasteiger partial charge in [-0.05, 0) is 49.5 Å². The minimum absolute atomic E-state index is 0.0216. The van der Waals surface area contributed by atoms with E-state index in [0.29, 0.717) is 17.9 Å². The van der Waals surface area contributed by atoms with Gasteiger partial charge in [-0.3, -0.25) is 9.59 Å². The number of aliphatic hydroxyl groups excluding tert-OH is 1. The summed E-state index contributed by atoms with van der Waals surface area (Å²) in [4.78, 5) is 36.5. The summed E-state index contributed by atoms with van der Waals surface area (Å²) in [7, 11) is 0. The summed E-state index contributed by atoms with van der Waals surface area (Å²) in [6.45, 7) is 6.93. The molecule has 1 N–H and O–H groups in total. The van der Waals surface area contributed by atoms with Crippen LogP contribution in [0.5, 0.6) is 0 Å². The van der Waals surface area contributed by atoms with Gasteiger partial charge in [0, 0.05) is 28.9 Å². The van der Waals surface area contributed by atoms with Gasteiger partial charge in [0.15, 0.2) is 5.78 Å². The number of hydrogen-bond donors (Lipinski definition) is 1. The average molecular weight is 423 g/mol. The molecule has 6 nitrogen and oxygen atoms in total. The molecule has 0 aromatic heterocycles. The zero-order valence-electron chi connectivity index (χ0n) is 17.2. The lowest BCUT2D eigenvalue weighted by Crippen LogP contribution is -2.61. The van der Waals surface area contributed by atoms with Crippen molar-refractivity contribution in [2.24, 2.45) is 28.6 Å². The summed E-state index contributed by atoms with van der Waals surface area (Å²) in [6.07, 6.45) is 4.09. The molecule has 7 atom stereocenters. The van der Waals surface area contributed by atoms with E-state index < -0.39 is 28.5 Å². The Morgan fingerprint density at radius 2 is 1.97 bits per heavy atom. The number of cyclic esters (lactones) is 1. The predicted molar refractivity (Wildman–Crippen MR) is 105 cm³/mol. The highest BCUT2D eigenvalue weighted by atomic mass is 35.5. The smallest absolute Gasteiger partial charge is 0.331 e. The molecule has 0 spiro atoms. The van der Waals surface area contributed by atoms with Crippen LogP contribution in [0.1, 0.15) is 47.0 Å². The third kappa shape index (κ3) is 2.54. The summed E-state index contributed by atoms with van der Waals surface area (Å²) in [5.74, 6) is -1.25. The molecule has 0 aromatic rings. The van der Waals surface area contributed by atoms with Gasteiger partial charge in [-0.1, -0.05) is 31.5 Å². The Morgan fingerprint density at radius 3 is 2.59 bits per heavy atom. The van der Waals surface area contributed by atoms with Gasteiger partial charge in [-0.15, -0.1) is 0 Å². The number of rotatable bonds is 2. The average Bonchev–Trinajstić information content (AvgIpc) is 2.85. The number of ether oxygens (including phenoxy) is 2. The number of allylic oxidation sites excluding steroid dienone is 2. The van der Waals surface area contributed by atoms with Crippen molar-refractivity contribution in [3.63, 3.8) is 0 Å². The normalized spacial score (nSPS) is 45.8. The molecule has 0 bridgehead atoms. The van der Waals surface area contributed by atoms with Crippen LogP contribution in [0.4, 0.5) is 0 Å². The van der Waals surface area contributed by atoms with E-state index in [1.54, 1.807) is 0 Å². The largest absolute Gasteiger partial charge is 0.462 e. The topological polar surface area (TPSA) is 89.9 Å². The van der Waals surface area contributed by atoms with Crippen LogP contribution in [-0.2, 0) is 23.9 Å². The molecule has 4 aliphatic rings. The Morgan fingerprint density at radius 1 is 1.28 bits per heavy atom. The molecule has 7 heteroatoms. The van der Waals surface area contributed by atoms with Crippen molar-refractivity contribution in [3.05, 3.63) is 22.8 Å². The maximum absolute atomic E-state index is 12.8. The first kappa shape index (κ1) is 20.6. The van der Waals surface area contributed by atoms with Crippen molar-refractivity contribution >= 4 is 29.3 Å². The van der Waals surface area contributed by atoms with Crippen LogP contribution < -0.4 is 0 Å². The number of carbonyl (C=O) groups excluding carboxylic acids is 3. The fourth-order valence-corrected chi connectivity index (χ4v) is 7.25. The van der Waals surface area contributed by atoms with Gasteiger partial charge < -0.3 is 14.6 Å². The van der Waals surface area contributed by atoms with Gasteiger partial charge >= 0.3 is 11.9 Å². The number of Topliss-reactive ketones (excluding diaryl/α,β-unsaturated/α-hetero) is 1. The fraction of sp³-hybridized carbons (Fsp3) is 0.682. The van der Waals surface area contributed by atoms with Crippen LogP contribution in [0.15, 0.2) is 22.8 Å². The third-order valence-corrected chi connectivity index (χ3v) is 8.48. The maximum Gasteiger partial charge on any atom is 0.331 e. The molecule has 0 unspecified atom stereocenters. The van der Waals surface area contributed by atoms with Crippen molar-refractivity contribution < 1.29 is 29.0 Å². The Balaban J connectivity index is 1.83. The van der Waals surface area contributed by atoms with Gasteiger partial charge in [0.1, 0.15) is 12.7 Å². The molecule has 29 heavy (non-hydrogen) atoms. The first-order chi connectivity index (χ1) is 13.5. The molecule has 1 aliphatic heterocycles. The van der Waals surface area contributed by atoms with Gasteiger partial charge in [-0.2, -0.15) is 0 Å². The summed E-state index contributed by atoms with van der Waals surface area (Å²) in [5, 5.41) is 11.5. The van der Waals surface area contributed by atoms with Crippen LogP contribution in [-0.4, -0.2) is 41.1 Å². The molecular weight excluding hydrogens is 396 g/mol. The number of fused-ring (bicyclic) bond motifs is 5. The maximum atomic E-state index is 12.8. The van der Waals surface area contributed by atoms with Crippen LogP contribution >= 0.6 is 11.6 Å². The molecule has 158 valence electrons. The molecule has 4 rings (SSSR count). The first-order valence-corrected chi connectivity index (χ1v) is 10.5. The number of carbonyl (C=O) groups is 3. The standard InChI is InChI=1S/C22H27ClO6/c1-11(24)22(29-12(2)25)18(26)8-15-13-7-17(23)16-9-19(27)28-10-20(16,3)14(13)5-6-21(15,22)4/h7,9,13-15,18,26H,5-6,8,10H2,1-4H3/t13-,14+,15+,18+,20-,21+,22-/m1/s1. The second kappa shape index (κ2) is 6.42. The molecule has 2 fully saturated rings. The molecule has 3 aliphatic carbocycles. The van der Waals surface area contributed by atoms with Crippen molar-refractivity contribution in [2.75, 3.05) is 6.61 Å². The highest BCUT2D eigenvalue weighted by molar-refractivity contribution is 6.32. The molecule has 0 saturated heterocycles. The lowest BCUT2D eigenvalue weighted by Gasteiger charge is -2.57. The lowest BCUT2D eigenvalue weighted by atomic mass is 9.49. The van der Waals surface area contributed by atoms with Crippen molar-refractivity contribution in [3.8, 4) is 0 Å². The van der Waals surface area contributed by atoms with E-state index in [0.717, 1.165) is 12.0 Å². The first-order valence-electron chi connectivity index (χ1n) is 10.1. The fourth-order valence-electron chi connectivity index (χ4n) is 6.83. The number of ketones is 1. The Hall–Kier alpha value is -1.66. The summed E-state index contributed by atoms with van der Waals surface area (Å²) < 4.78 is 11.0. The zero-order valence-corrected chi connectivity index (χ0v) is 17.9. The van der Waals surface area contributed by atoms with Crippen molar-refractivity contribution in [1.82, 2.24) is 0 Å². The van der Waals surface area contributed by atoms with E-state index in [1.165, 1.54) is 19.9 Å². The van der Waals surface area contributed by atoms with E-state index in [-0.39, 0.29) is 36.1 Å². The number of halogens is 1. The SMILES string of the molecule is CC(=O)O[C@]1(C(C)=O)[C@@H](O)C[C@H]2[C@@H]3C=C(Cl)C4=CC(=O)OC[C@]4(C)[C@H]3CC[C@@]21C. The minimum Gasteiger partial charge on any atom is -0.462 e. The second-order valence-corrected chi connectivity index (χ2v) is 9.89. The summed E-state index contributed by atoms with van der Waals surface area (Å²) >= 11 is 6.63. The molecule has 2 saturated carbocycles. The van der Waals surface area contributed by atoms with Gasteiger partial charge in [0.25, 0.3) is 0 Å². The van der Waals surface area contributed by atoms with Crippen molar-refractivity contribution in [2.45, 2.75) is 58.7 Å². The Labute approximate surface area is 175 Å². The minimum atomic E-state index is -1.55. The molecular formula is C22H27ClO6. The van der Waals surface area contributed by atoms with Crippen LogP contribution in [0.2, 0.25) is 0 Å². The lowest BCUT2D eigenvalue weighted by molar-refractivity contribution is -0.198. The van der Waals surface area contributed by atoms with E-state index >= 15 is 0 Å². The zero-order chi connectivity index (χ0) is 21.4. The van der Waals surface area contributed by atoms with E-state index in [9.17, 15) is 19.5 Å². The van der Waals surface area contributed by atoms with Gasteiger partial charge in [0.05, 0.1) is 0 Å². The van der Waals surface area contributed by atoms with E-state index in [4.69, 9.17) is 21.1 Å². The molecule has 0 radical (unpaired) electrons. The number of esters is 2. The van der Waals surface area contributed by atoms with Crippen LogP contribution in [0, 0.1) is 28.6 Å². The van der Waals surface area contributed by atoms with E-state index in [1.807, 2.05) is 13.0 Å².